The van der Waals surface area contributed by atoms with Crippen molar-refractivity contribution in [3.8, 4) is 11.5 Å². The highest BCUT2D eigenvalue weighted by atomic mass is 35.5. The maximum absolute atomic E-state index is 8.74. The topological polar surface area (TPSA) is 62.8 Å². The summed E-state index contributed by atoms with van der Waals surface area (Å²) >= 11 is 6.48. The number of halogens is 1. The van der Waals surface area contributed by atoms with Crippen molar-refractivity contribution in [2.24, 2.45) is 0 Å². The zero-order valence-electron chi connectivity index (χ0n) is 16.8. The third-order valence-corrected chi connectivity index (χ3v) is 4.72. The number of nitrogens with one attached hydrogen (secondary N) is 2. The summed E-state index contributed by atoms with van der Waals surface area (Å²) in [5, 5.41) is 16.0. The zero-order valence-corrected chi connectivity index (χ0v) is 17.5. The van der Waals surface area contributed by atoms with Crippen LogP contribution in [0.1, 0.15) is 30.0 Å². The zero-order chi connectivity index (χ0) is 20.2. The fourth-order valence-corrected chi connectivity index (χ4v) is 3.01. The summed E-state index contributed by atoms with van der Waals surface area (Å²) in [5.74, 6) is 1.37. The Bertz CT molecular complexity index is 725. The van der Waals surface area contributed by atoms with Crippen LogP contribution < -0.4 is 20.1 Å². The second-order valence-corrected chi connectivity index (χ2v) is 6.95. The van der Waals surface area contributed by atoms with E-state index in [-0.39, 0.29) is 6.61 Å². The fraction of sp³-hybridized carbons (Fsp3) is 0.455. The molecule has 0 amide bonds. The number of aliphatic hydroxyl groups is 1. The minimum Gasteiger partial charge on any atom is -0.490 e. The third-order valence-electron chi connectivity index (χ3n) is 4.37. The van der Waals surface area contributed by atoms with E-state index < -0.39 is 0 Å². The van der Waals surface area contributed by atoms with E-state index in [0.29, 0.717) is 42.8 Å². The van der Waals surface area contributed by atoms with Crippen molar-refractivity contribution in [1.82, 2.24) is 10.6 Å². The first-order chi connectivity index (χ1) is 13.7. The Balaban J connectivity index is 1.95. The van der Waals surface area contributed by atoms with Crippen LogP contribution in [-0.4, -0.2) is 38.0 Å². The van der Waals surface area contributed by atoms with Crippen LogP contribution in [0.15, 0.2) is 36.4 Å². The second kappa shape index (κ2) is 12.6. The van der Waals surface area contributed by atoms with Crippen LogP contribution in [0.3, 0.4) is 0 Å². The Morgan fingerprint density at radius 1 is 0.964 bits per heavy atom. The van der Waals surface area contributed by atoms with Crippen molar-refractivity contribution in [3.63, 3.8) is 0 Å². The lowest BCUT2D eigenvalue weighted by molar-refractivity contribution is 0.268. The summed E-state index contributed by atoms with van der Waals surface area (Å²) in [5.41, 5.74) is 3.32. The molecule has 2 aromatic carbocycles. The summed E-state index contributed by atoms with van der Waals surface area (Å²) in [6, 6.07) is 12.0. The predicted molar refractivity (Wildman–Crippen MR) is 114 cm³/mol. The van der Waals surface area contributed by atoms with Crippen molar-refractivity contribution < 1.29 is 14.6 Å². The highest BCUT2D eigenvalue weighted by Crippen LogP contribution is 2.34. The summed E-state index contributed by atoms with van der Waals surface area (Å²) in [4.78, 5) is 0. The van der Waals surface area contributed by atoms with E-state index in [2.05, 4.69) is 29.7 Å². The molecule has 0 bridgehead atoms. The lowest BCUT2D eigenvalue weighted by Gasteiger charge is -2.16. The Hall–Kier alpha value is -1.79. The first kappa shape index (κ1) is 22.5. The van der Waals surface area contributed by atoms with Gasteiger partial charge in [-0.25, -0.2) is 0 Å². The molecule has 5 nitrogen and oxygen atoms in total. The smallest absolute Gasteiger partial charge is 0.163 e. The van der Waals surface area contributed by atoms with Crippen LogP contribution in [0, 0.1) is 6.92 Å². The van der Waals surface area contributed by atoms with E-state index in [1.807, 2.05) is 31.2 Å². The van der Waals surface area contributed by atoms with Gasteiger partial charge in [0.2, 0.25) is 0 Å². The van der Waals surface area contributed by atoms with Gasteiger partial charge in [-0.05, 0) is 56.1 Å². The van der Waals surface area contributed by atoms with Gasteiger partial charge in [-0.1, -0.05) is 35.9 Å². The first-order valence-corrected chi connectivity index (χ1v) is 10.2. The predicted octanol–water partition coefficient (Wildman–Crippen LogP) is 3.69. The van der Waals surface area contributed by atoms with Crippen molar-refractivity contribution >= 4 is 11.6 Å². The summed E-state index contributed by atoms with van der Waals surface area (Å²) in [6.07, 6.45) is 0.980. The number of hydrogen-bond acceptors (Lipinski definition) is 5. The van der Waals surface area contributed by atoms with Crippen molar-refractivity contribution in [1.29, 1.82) is 0 Å². The Labute approximate surface area is 173 Å². The van der Waals surface area contributed by atoms with Gasteiger partial charge >= 0.3 is 0 Å². The third kappa shape index (κ3) is 7.32. The van der Waals surface area contributed by atoms with Crippen LogP contribution in [0.2, 0.25) is 5.02 Å². The molecular formula is C22H31ClN2O3. The van der Waals surface area contributed by atoms with Crippen molar-refractivity contribution in [3.05, 3.63) is 58.1 Å². The van der Waals surface area contributed by atoms with E-state index in [4.69, 9.17) is 26.2 Å². The van der Waals surface area contributed by atoms with Crippen LogP contribution in [0.25, 0.3) is 0 Å². The molecule has 0 spiro atoms. The average Bonchev–Trinajstić information content (AvgIpc) is 2.69. The Morgan fingerprint density at radius 2 is 1.71 bits per heavy atom. The van der Waals surface area contributed by atoms with Gasteiger partial charge in [-0.15, -0.1) is 0 Å². The highest BCUT2D eigenvalue weighted by molar-refractivity contribution is 6.31. The molecule has 0 unspecified atom stereocenters. The molecule has 0 radical (unpaired) electrons. The lowest BCUT2D eigenvalue weighted by atomic mass is 10.1. The van der Waals surface area contributed by atoms with Crippen LogP contribution in [-0.2, 0) is 13.2 Å². The molecule has 0 aliphatic heterocycles. The number of aryl methyl sites for hydroxylation is 1. The van der Waals surface area contributed by atoms with Gasteiger partial charge in [0.05, 0.1) is 13.2 Å². The molecule has 0 heterocycles. The van der Waals surface area contributed by atoms with Gasteiger partial charge in [-0.3, -0.25) is 0 Å². The summed E-state index contributed by atoms with van der Waals surface area (Å²) < 4.78 is 11.8. The Kier molecular flexibility index (Phi) is 10.1. The van der Waals surface area contributed by atoms with E-state index >= 15 is 0 Å². The van der Waals surface area contributed by atoms with E-state index in [1.54, 1.807) is 0 Å². The molecule has 0 fully saturated rings. The monoisotopic (exact) mass is 406 g/mol. The molecule has 0 aromatic heterocycles. The molecule has 0 saturated carbocycles. The molecule has 0 aliphatic carbocycles. The number of benzene rings is 2. The van der Waals surface area contributed by atoms with Gasteiger partial charge in [0.25, 0.3) is 0 Å². The largest absolute Gasteiger partial charge is 0.490 e. The molecule has 0 aliphatic rings. The number of aliphatic hydroxyl groups excluding tert-OH is 1. The maximum Gasteiger partial charge on any atom is 0.163 e. The van der Waals surface area contributed by atoms with Crippen LogP contribution in [0.4, 0.5) is 0 Å². The van der Waals surface area contributed by atoms with Gasteiger partial charge in [0, 0.05) is 24.2 Å². The normalized spacial score (nSPS) is 10.9. The van der Waals surface area contributed by atoms with E-state index in [1.165, 1.54) is 5.56 Å². The standard InChI is InChI=1S/C22H31ClN2O3/c1-3-27-21-13-19(15-25-10-6-9-24-11-12-26)20(23)14-22(21)28-16-18-8-5-4-7-17(18)2/h4-5,7-8,13-14,24-26H,3,6,9-12,15-16H2,1-2H3. The molecule has 28 heavy (non-hydrogen) atoms. The summed E-state index contributed by atoms with van der Waals surface area (Å²) in [7, 11) is 0. The van der Waals surface area contributed by atoms with Crippen molar-refractivity contribution in [2.45, 2.75) is 33.4 Å². The average molecular weight is 407 g/mol. The number of hydrogen-bond donors (Lipinski definition) is 3. The van der Waals surface area contributed by atoms with Gasteiger partial charge in [-0.2, -0.15) is 0 Å². The molecule has 154 valence electrons. The van der Waals surface area contributed by atoms with Gasteiger partial charge in [0.15, 0.2) is 11.5 Å². The maximum atomic E-state index is 8.74. The molecule has 0 atom stereocenters. The number of ether oxygens (including phenoxy) is 2. The summed E-state index contributed by atoms with van der Waals surface area (Å²) in [6.45, 7) is 8.26. The first-order valence-electron chi connectivity index (χ1n) is 9.80. The quantitative estimate of drug-likeness (QED) is 0.443. The molecular weight excluding hydrogens is 376 g/mol. The molecule has 2 aromatic rings. The minimum atomic E-state index is 0.168. The Morgan fingerprint density at radius 3 is 2.46 bits per heavy atom. The van der Waals surface area contributed by atoms with Crippen molar-refractivity contribution in [2.75, 3.05) is 32.8 Å². The molecule has 6 heteroatoms. The second-order valence-electron chi connectivity index (χ2n) is 6.54. The molecule has 0 saturated heterocycles. The van der Waals surface area contributed by atoms with Gasteiger partial charge < -0.3 is 25.2 Å². The number of rotatable bonds is 13. The van der Waals surface area contributed by atoms with Crippen LogP contribution in [0.5, 0.6) is 11.5 Å². The highest BCUT2D eigenvalue weighted by Gasteiger charge is 2.12. The molecule has 2 rings (SSSR count). The van der Waals surface area contributed by atoms with E-state index in [9.17, 15) is 0 Å². The lowest BCUT2D eigenvalue weighted by Crippen LogP contribution is -2.24. The molecule has 3 N–H and O–H groups in total. The fourth-order valence-electron chi connectivity index (χ4n) is 2.79. The SMILES string of the molecule is CCOc1cc(CNCCCNCCO)c(Cl)cc1OCc1ccccc1C. The van der Waals surface area contributed by atoms with Crippen LogP contribution >= 0.6 is 11.6 Å². The van der Waals surface area contributed by atoms with E-state index in [0.717, 1.165) is 30.6 Å². The van der Waals surface area contributed by atoms with Gasteiger partial charge in [0.1, 0.15) is 6.61 Å². The minimum absolute atomic E-state index is 0.168.